The molecule has 0 radical (unpaired) electrons. The van der Waals surface area contributed by atoms with Gasteiger partial charge >= 0.3 is 0 Å². The van der Waals surface area contributed by atoms with Crippen LogP contribution >= 0.6 is 0 Å². The average Bonchev–Trinajstić information content (AvgIpc) is 3.76. The zero-order valence-corrected chi connectivity index (χ0v) is 43.4. The number of rotatable bonds is 9. The average molecular weight is 1090 g/mol. The van der Waals surface area contributed by atoms with Crippen LogP contribution in [-0.2, 0) is 37.3 Å². The zero-order valence-electron chi connectivity index (χ0n) is 41.2. The summed E-state index contributed by atoms with van der Waals surface area (Å²) in [7, 11) is 0. The van der Waals surface area contributed by atoms with Crippen LogP contribution in [0.15, 0.2) is 200 Å². The van der Waals surface area contributed by atoms with Gasteiger partial charge in [0.15, 0.2) is 0 Å². The Kier molecular flexibility index (Phi) is 13.0. The second-order valence-corrected chi connectivity index (χ2v) is 20.8. The number of aromatic hydroxyl groups is 1. The molecule has 2 aromatic heterocycles. The summed E-state index contributed by atoms with van der Waals surface area (Å²) in [5.74, 6) is 0.910. The third kappa shape index (κ3) is 9.21. The molecule has 8 aromatic carbocycles. The summed E-state index contributed by atoms with van der Waals surface area (Å²) in [6.45, 7) is 17.7. The van der Waals surface area contributed by atoms with E-state index >= 15 is 0 Å². The van der Waals surface area contributed by atoms with E-state index < -0.39 is 0 Å². The van der Waals surface area contributed by atoms with Crippen molar-refractivity contribution in [2.24, 2.45) is 0 Å². The van der Waals surface area contributed by atoms with Crippen molar-refractivity contribution in [3.63, 3.8) is 0 Å². The molecular formula is C65H58N3OPt-. The molecule has 0 aliphatic heterocycles. The molecule has 0 bridgehead atoms. The predicted molar refractivity (Wildman–Crippen MR) is 288 cm³/mol. The number of para-hydroxylation sites is 2. The molecule has 10 rings (SSSR count). The fourth-order valence-electron chi connectivity index (χ4n) is 9.59. The van der Waals surface area contributed by atoms with Crippen molar-refractivity contribution in [3.05, 3.63) is 229 Å². The van der Waals surface area contributed by atoms with Crippen LogP contribution in [0.5, 0.6) is 5.75 Å². The quantitative estimate of drug-likeness (QED) is 0.147. The van der Waals surface area contributed by atoms with Gasteiger partial charge in [-0.3, -0.25) is 9.55 Å². The van der Waals surface area contributed by atoms with Gasteiger partial charge in [-0.1, -0.05) is 230 Å². The Morgan fingerprint density at radius 1 is 0.457 bits per heavy atom. The van der Waals surface area contributed by atoms with Gasteiger partial charge in [-0.15, -0.1) is 23.8 Å². The van der Waals surface area contributed by atoms with Crippen molar-refractivity contribution < 1.29 is 26.2 Å². The second-order valence-electron chi connectivity index (χ2n) is 20.8. The molecule has 0 aliphatic rings. The Morgan fingerprint density at radius 3 is 1.71 bits per heavy atom. The van der Waals surface area contributed by atoms with Crippen LogP contribution in [-0.4, -0.2) is 19.6 Å². The molecule has 10 aromatic rings. The molecule has 0 saturated carbocycles. The Hall–Kier alpha value is -7.13. The fourth-order valence-corrected chi connectivity index (χ4v) is 9.59. The summed E-state index contributed by atoms with van der Waals surface area (Å²) in [6.07, 6.45) is 1.90. The van der Waals surface area contributed by atoms with E-state index in [1.54, 1.807) is 0 Å². The summed E-state index contributed by atoms with van der Waals surface area (Å²) in [5, 5.41) is 12.5. The first-order chi connectivity index (χ1) is 33.1. The van der Waals surface area contributed by atoms with E-state index in [2.05, 4.69) is 254 Å². The summed E-state index contributed by atoms with van der Waals surface area (Å²) >= 11 is 0. The normalized spacial score (nSPS) is 11.9. The Bertz CT molecular complexity index is 3470. The minimum Gasteiger partial charge on any atom is -0.507 e. The standard InChI is InChI=1S/C65H58N3O.Pt/c1-63(2,3)52-41-55(61(69)56(42-52)64(4,5)6)62-67-60-54(28-20-30-59(60)68(62)58-29-19-18-27-53(58)45-23-14-10-15-24-45)48-37-47(43-21-12-9-13-22-43)38-49(39-48)57-40-46(35-36-66-57)44-31-33-51(34-32-44)65(7,8)50-25-16-11-17-26-50;/h9-38,40-42,69H,1-8H3;/q-1;. The van der Waals surface area contributed by atoms with E-state index in [4.69, 9.17) is 9.97 Å². The van der Waals surface area contributed by atoms with Gasteiger partial charge in [-0.25, -0.2) is 4.98 Å². The number of imidazole rings is 1. The number of nitrogens with zero attached hydrogens (tertiary/aromatic N) is 3. The van der Waals surface area contributed by atoms with Crippen LogP contribution in [0.2, 0.25) is 0 Å². The van der Waals surface area contributed by atoms with Crippen molar-refractivity contribution in [1.82, 2.24) is 14.5 Å². The van der Waals surface area contributed by atoms with Crippen LogP contribution in [0.1, 0.15) is 77.6 Å². The van der Waals surface area contributed by atoms with Gasteiger partial charge in [-0.05, 0) is 74.0 Å². The molecule has 350 valence electrons. The first-order valence-corrected chi connectivity index (χ1v) is 24.0. The minimum atomic E-state index is -0.332. The molecular weight excluding hydrogens is 1030 g/mol. The van der Waals surface area contributed by atoms with Crippen LogP contribution in [0.3, 0.4) is 0 Å². The van der Waals surface area contributed by atoms with E-state index in [0.717, 1.165) is 83.6 Å². The molecule has 1 N–H and O–H groups in total. The smallest absolute Gasteiger partial charge is 0.148 e. The van der Waals surface area contributed by atoms with Gasteiger partial charge in [0.2, 0.25) is 0 Å². The largest absolute Gasteiger partial charge is 0.507 e. The Balaban J connectivity index is 0.00000608. The van der Waals surface area contributed by atoms with Crippen LogP contribution in [0.4, 0.5) is 0 Å². The Labute approximate surface area is 428 Å². The molecule has 0 amide bonds. The van der Waals surface area contributed by atoms with Crippen molar-refractivity contribution in [1.29, 1.82) is 0 Å². The topological polar surface area (TPSA) is 50.9 Å². The minimum absolute atomic E-state index is 0. The SMILES string of the molecule is CC(C)(C)c1cc(-c2nc3c(-c4[c-]c(-c5cc(-c6ccc(C(C)(C)c7ccccc7)cc6)ccn5)cc(-c5ccccc5)c4)cccc3n2-c2ccccc2-c2ccccc2)c(O)c(C(C)(C)C)c1.[Pt]. The van der Waals surface area contributed by atoms with Gasteiger partial charge in [-0.2, -0.15) is 0 Å². The molecule has 4 nitrogen and oxygen atoms in total. The van der Waals surface area contributed by atoms with E-state index in [1.807, 2.05) is 12.3 Å². The van der Waals surface area contributed by atoms with Gasteiger partial charge in [0.25, 0.3) is 0 Å². The predicted octanol–water partition coefficient (Wildman–Crippen LogP) is 16.8. The zero-order chi connectivity index (χ0) is 48.1. The van der Waals surface area contributed by atoms with Crippen molar-refractivity contribution >= 4 is 11.0 Å². The number of phenolic OH excluding ortho intramolecular Hbond substituents is 1. The number of fused-ring (bicyclic) bond motifs is 1. The summed E-state index contributed by atoms with van der Waals surface area (Å²) < 4.78 is 2.24. The van der Waals surface area contributed by atoms with Crippen LogP contribution < -0.4 is 0 Å². The molecule has 0 spiro atoms. The van der Waals surface area contributed by atoms with Gasteiger partial charge in [0, 0.05) is 49.5 Å². The maximum atomic E-state index is 12.5. The van der Waals surface area contributed by atoms with Gasteiger partial charge < -0.3 is 5.11 Å². The van der Waals surface area contributed by atoms with E-state index in [1.165, 1.54) is 11.1 Å². The molecule has 0 aliphatic carbocycles. The number of aromatic nitrogens is 3. The number of hydrogen-bond donors (Lipinski definition) is 1. The van der Waals surface area contributed by atoms with Gasteiger partial charge in [0.1, 0.15) is 11.6 Å². The molecule has 5 heteroatoms. The van der Waals surface area contributed by atoms with E-state index in [9.17, 15) is 5.11 Å². The van der Waals surface area contributed by atoms with Crippen molar-refractivity contribution in [3.8, 4) is 78.6 Å². The summed E-state index contributed by atoms with van der Waals surface area (Å²) in [4.78, 5) is 10.6. The number of pyridine rings is 1. The number of hydrogen-bond acceptors (Lipinski definition) is 3. The summed E-state index contributed by atoms with van der Waals surface area (Å²) in [6, 6.07) is 72.4. The number of benzene rings is 8. The van der Waals surface area contributed by atoms with Gasteiger partial charge in [0.05, 0.1) is 22.3 Å². The number of phenols is 1. The summed E-state index contributed by atoms with van der Waals surface area (Å²) in [5.41, 5.74) is 17.3. The Morgan fingerprint density at radius 2 is 1.04 bits per heavy atom. The third-order valence-electron chi connectivity index (χ3n) is 13.7. The molecule has 70 heavy (non-hydrogen) atoms. The third-order valence-corrected chi connectivity index (χ3v) is 13.7. The van der Waals surface area contributed by atoms with E-state index in [-0.39, 0.29) is 43.1 Å². The molecule has 2 heterocycles. The van der Waals surface area contributed by atoms with Crippen LogP contribution in [0.25, 0.3) is 83.9 Å². The van der Waals surface area contributed by atoms with Crippen LogP contribution in [0, 0.1) is 6.07 Å². The monoisotopic (exact) mass is 1090 g/mol. The first kappa shape index (κ1) is 47.9. The maximum absolute atomic E-state index is 12.5. The van der Waals surface area contributed by atoms with Crippen molar-refractivity contribution in [2.75, 3.05) is 0 Å². The first-order valence-electron chi connectivity index (χ1n) is 24.0. The molecule has 0 unspecified atom stereocenters. The molecule has 0 fully saturated rings. The maximum Gasteiger partial charge on any atom is 0.148 e. The molecule has 0 atom stereocenters. The fraction of sp³-hybridized carbons (Fsp3) is 0.169. The molecule has 0 saturated heterocycles. The second kappa shape index (κ2) is 19.0. The van der Waals surface area contributed by atoms with Crippen molar-refractivity contribution in [2.45, 2.75) is 71.6 Å². The van der Waals surface area contributed by atoms with E-state index in [0.29, 0.717) is 11.4 Å².